The van der Waals surface area contributed by atoms with E-state index in [0.29, 0.717) is 11.1 Å². The van der Waals surface area contributed by atoms with E-state index in [-0.39, 0.29) is 23.2 Å². The zero-order valence-corrected chi connectivity index (χ0v) is 14.9. The maximum absolute atomic E-state index is 13.1. The lowest BCUT2D eigenvalue weighted by molar-refractivity contribution is 0.00626. The Morgan fingerprint density at radius 2 is 1.96 bits per heavy atom. The summed E-state index contributed by atoms with van der Waals surface area (Å²) in [6.45, 7) is 5.46. The second kappa shape index (κ2) is 7.61. The van der Waals surface area contributed by atoms with E-state index < -0.39 is 17.4 Å². The van der Waals surface area contributed by atoms with Gasteiger partial charge in [0, 0.05) is 12.7 Å². The van der Waals surface area contributed by atoms with Gasteiger partial charge in [0.1, 0.15) is 17.1 Å². The summed E-state index contributed by atoms with van der Waals surface area (Å²) < 4.78 is 18.3. The van der Waals surface area contributed by atoms with Gasteiger partial charge in [-0.1, -0.05) is 17.7 Å². The van der Waals surface area contributed by atoms with Crippen LogP contribution in [0.15, 0.2) is 36.5 Å². The van der Waals surface area contributed by atoms with E-state index >= 15 is 0 Å². The van der Waals surface area contributed by atoms with Gasteiger partial charge < -0.3 is 10.1 Å². The van der Waals surface area contributed by atoms with Gasteiger partial charge in [0.25, 0.3) is 5.91 Å². The molecule has 25 heavy (non-hydrogen) atoms. The Hall–Kier alpha value is -2.47. The number of ether oxygens (including phenoxy) is 1. The zero-order valence-electron chi connectivity index (χ0n) is 14.1. The molecule has 0 saturated heterocycles. The van der Waals surface area contributed by atoms with Crippen LogP contribution < -0.4 is 5.32 Å². The largest absolute Gasteiger partial charge is 0.455 e. The number of aromatic nitrogens is 1. The van der Waals surface area contributed by atoms with Crippen LogP contribution in [0.1, 0.15) is 47.2 Å². The lowest BCUT2D eigenvalue weighted by Gasteiger charge is -2.19. The van der Waals surface area contributed by atoms with E-state index in [9.17, 15) is 14.0 Å². The van der Waals surface area contributed by atoms with Gasteiger partial charge in [0.05, 0.1) is 10.6 Å². The normalized spacial score (nSPS) is 11.1. The molecule has 0 aliphatic rings. The van der Waals surface area contributed by atoms with Crippen molar-refractivity contribution in [2.45, 2.75) is 32.9 Å². The van der Waals surface area contributed by atoms with Crippen LogP contribution >= 0.6 is 11.6 Å². The average molecular weight is 365 g/mol. The van der Waals surface area contributed by atoms with Crippen LogP contribution in [0.3, 0.4) is 0 Å². The van der Waals surface area contributed by atoms with E-state index in [1.54, 1.807) is 20.8 Å². The second-order valence-electron chi connectivity index (χ2n) is 6.37. The number of carbonyl (C=O) groups is 2. The molecule has 1 aromatic heterocycles. The molecule has 1 aromatic carbocycles. The summed E-state index contributed by atoms with van der Waals surface area (Å²) in [5, 5.41) is 2.67. The quantitative estimate of drug-likeness (QED) is 0.839. The molecule has 2 aromatic rings. The number of amides is 1. The summed E-state index contributed by atoms with van der Waals surface area (Å²) in [5.41, 5.74) is 0.459. The van der Waals surface area contributed by atoms with Crippen LogP contribution in [-0.4, -0.2) is 22.5 Å². The van der Waals surface area contributed by atoms with Crippen molar-refractivity contribution in [1.29, 1.82) is 0 Å². The Morgan fingerprint density at radius 3 is 2.52 bits per heavy atom. The molecule has 0 atom stereocenters. The third-order valence-corrected chi connectivity index (χ3v) is 3.36. The number of nitrogens with zero attached hydrogens (tertiary/aromatic N) is 1. The summed E-state index contributed by atoms with van der Waals surface area (Å²) in [4.78, 5) is 27.9. The van der Waals surface area contributed by atoms with Crippen LogP contribution in [0, 0.1) is 5.82 Å². The van der Waals surface area contributed by atoms with Crippen molar-refractivity contribution in [3.8, 4) is 0 Å². The first-order valence-corrected chi connectivity index (χ1v) is 7.95. The molecular formula is C18H18ClFN2O3. The lowest BCUT2D eigenvalue weighted by atomic mass is 10.2. The number of esters is 1. The van der Waals surface area contributed by atoms with E-state index in [1.807, 2.05) is 0 Å². The third kappa shape index (κ3) is 5.53. The fraction of sp³-hybridized carbons (Fsp3) is 0.278. The van der Waals surface area contributed by atoms with Crippen LogP contribution in [0.5, 0.6) is 0 Å². The molecule has 1 N–H and O–H groups in total. The summed E-state index contributed by atoms with van der Waals surface area (Å²) in [7, 11) is 0. The van der Waals surface area contributed by atoms with Gasteiger partial charge in [0.15, 0.2) is 0 Å². The van der Waals surface area contributed by atoms with Crippen molar-refractivity contribution in [2.75, 3.05) is 0 Å². The first-order valence-electron chi connectivity index (χ1n) is 7.57. The number of carbonyl (C=O) groups excluding carboxylic acids is 2. The first kappa shape index (κ1) is 18.9. The maximum Gasteiger partial charge on any atom is 0.357 e. The molecule has 1 amide bonds. The fourth-order valence-electron chi connectivity index (χ4n) is 1.91. The van der Waals surface area contributed by atoms with Crippen molar-refractivity contribution < 1.29 is 18.7 Å². The van der Waals surface area contributed by atoms with E-state index in [0.717, 1.165) is 0 Å². The van der Waals surface area contributed by atoms with Gasteiger partial charge >= 0.3 is 5.97 Å². The predicted octanol–water partition coefficient (Wildman–Crippen LogP) is 3.76. The van der Waals surface area contributed by atoms with Crippen LogP contribution in [0.4, 0.5) is 4.39 Å². The summed E-state index contributed by atoms with van der Waals surface area (Å²) in [5.74, 6) is -1.44. The molecular weight excluding hydrogens is 347 g/mol. The Balaban J connectivity index is 1.98. The van der Waals surface area contributed by atoms with Gasteiger partial charge in [-0.25, -0.2) is 14.2 Å². The molecule has 0 bridgehead atoms. The fourth-order valence-corrected chi connectivity index (χ4v) is 2.12. The number of hydrogen-bond acceptors (Lipinski definition) is 4. The molecule has 0 aliphatic heterocycles. The van der Waals surface area contributed by atoms with Gasteiger partial charge in [-0.2, -0.15) is 0 Å². The van der Waals surface area contributed by atoms with Gasteiger partial charge in [0.2, 0.25) is 0 Å². The summed E-state index contributed by atoms with van der Waals surface area (Å²) in [6, 6.07) is 7.13. The molecule has 0 radical (unpaired) electrons. The maximum atomic E-state index is 13.1. The minimum Gasteiger partial charge on any atom is -0.455 e. The predicted molar refractivity (Wildman–Crippen MR) is 92.0 cm³/mol. The number of rotatable bonds is 4. The number of halogens is 2. The van der Waals surface area contributed by atoms with E-state index in [1.165, 1.54) is 36.5 Å². The summed E-state index contributed by atoms with van der Waals surface area (Å²) >= 11 is 5.70. The minimum absolute atomic E-state index is 0.00451. The highest BCUT2D eigenvalue weighted by atomic mass is 35.5. The molecule has 1 heterocycles. The number of nitrogens with one attached hydrogen (secondary N) is 1. The molecule has 0 aliphatic carbocycles. The molecule has 0 saturated carbocycles. The Bertz CT molecular complexity index is 786. The SMILES string of the molecule is CC(C)(C)OC(=O)c1ccc(C(=O)NCc2ccc(F)c(Cl)c2)cn1. The van der Waals surface area contributed by atoms with E-state index in [2.05, 4.69) is 10.3 Å². The van der Waals surface area contributed by atoms with Crippen molar-refractivity contribution in [3.05, 3.63) is 64.2 Å². The Morgan fingerprint density at radius 1 is 1.24 bits per heavy atom. The highest BCUT2D eigenvalue weighted by Gasteiger charge is 2.19. The third-order valence-electron chi connectivity index (χ3n) is 3.07. The summed E-state index contributed by atoms with van der Waals surface area (Å²) in [6.07, 6.45) is 1.30. The Kier molecular flexibility index (Phi) is 5.74. The number of benzene rings is 1. The van der Waals surface area contributed by atoms with Crippen LogP contribution in [0.25, 0.3) is 0 Å². The van der Waals surface area contributed by atoms with Crippen LogP contribution in [0.2, 0.25) is 5.02 Å². The number of hydrogen-bond donors (Lipinski definition) is 1. The van der Waals surface area contributed by atoms with Crippen molar-refractivity contribution in [2.24, 2.45) is 0 Å². The smallest absolute Gasteiger partial charge is 0.357 e. The van der Waals surface area contributed by atoms with Gasteiger partial charge in [-0.15, -0.1) is 0 Å². The Labute approximate surface area is 150 Å². The van der Waals surface area contributed by atoms with Crippen molar-refractivity contribution >= 4 is 23.5 Å². The van der Waals surface area contributed by atoms with Gasteiger partial charge in [-0.05, 0) is 50.6 Å². The van der Waals surface area contributed by atoms with E-state index in [4.69, 9.17) is 16.3 Å². The zero-order chi connectivity index (χ0) is 18.6. The standard InChI is InChI=1S/C18H18ClFN2O3/c1-18(2,3)25-17(24)15-7-5-12(10-21-15)16(23)22-9-11-4-6-14(20)13(19)8-11/h4-8,10H,9H2,1-3H3,(H,22,23). The molecule has 5 nitrogen and oxygen atoms in total. The molecule has 0 spiro atoms. The monoisotopic (exact) mass is 364 g/mol. The van der Waals surface area contributed by atoms with Crippen molar-refractivity contribution in [3.63, 3.8) is 0 Å². The first-order chi connectivity index (χ1) is 11.7. The molecule has 2 rings (SSSR count). The van der Waals surface area contributed by atoms with Gasteiger partial charge in [-0.3, -0.25) is 4.79 Å². The highest BCUT2D eigenvalue weighted by Crippen LogP contribution is 2.16. The average Bonchev–Trinajstić information content (AvgIpc) is 2.54. The topological polar surface area (TPSA) is 68.3 Å². The molecule has 0 unspecified atom stereocenters. The number of pyridine rings is 1. The molecule has 0 fully saturated rings. The minimum atomic E-state index is -0.620. The molecule has 7 heteroatoms. The molecule has 132 valence electrons. The second-order valence-corrected chi connectivity index (χ2v) is 6.77. The van der Waals surface area contributed by atoms with Crippen LogP contribution in [-0.2, 0) is 11.3 Å². The lowest BCUT2D eigenvalue weighted by Crippen LogP contribution is -2.25. The highest BCUT2D eigenvalue weighted by molar-refractivity contribution is 6.30. The van der Waals surface area contributed by atoms with Crippen molar-refractivity contribution in [1.82, 2.24) is 10.3 Å².